The molecule has 4 atom stereocenters. The molecule has 16 heavy (non-hydrogen) atoms. The van der Waals surface area contributed by atoms with Crippen molar-refractivity contribution in [2.24, 2.45) is 17.8 Å². The molecule has 1 N–H and O–H groups in total. The van der Waals surface area contributed by atoms with E-state index in [4.69, 9.17) is 0 Å². The van der Waals surface area contributed by atoms with Gasteiger partial charge in [0, 0.05) is 19.1 Å². The van der Waals surface area contributed by atoms with Crippen LogP contribution in [0.2, 0.25) is 0 Å². The summed E-state index contributed by atoms with van der Waals surface area (Å²) in [5, 5.41) is 3.45. The maximum absolute atomic E-state index is 3.45. The second-order valence-corrected chi connectivity index (χ2v) is 6.32. The number of rotatable bonds is 3. The normalized spacial score (nSPS) is 44.1. The standard InChI is InChI=1S/C14H26N2/c1-15-14-3-2-6-16(10-14)9-13-8-11-4-5-12(13)7-11/h11-15H,2-10H2,1H3. The van der Waals surface area contributed by atoms with Crippen molar-refractivity contribution in [1.29, 1.82) is 0 Å². The largest absolute Gasteiger partial charge is 0.316 e. The number of nitrogens with one attached hydrogen (secondary N) is 1. The van der Waals surface area contributed by atoms with Crippen LogP contribution in [0.4, 0.5) is 0 Å². The van der Waals surface area contributed by atoms with Crippen molar-refractivity contribution in [3.05, 3.63) is 0 Å². The fourth-order valence-corrected chi connectivity index (χ4v) is 4.39. The summed E-state index contributed by atoms with van der Waals surface area (Å²) < 4.78 is 0. The van der Waals surface area contributed by atoms with Gasteiger partial charge in [-0.15, -0.1) is 0 Å². The van der Waals surface area contributed by atoms with Crippen molar-refractivity contribution in [3.8, 4) is 0 Å². The summed E-state index contributed by atoms with van der Waals surface area (Å²) in [6, 6.07) is 0.757. The van der Waals surface area contributed by atoms with Crippen LogP contribution in [0.3, 0.4) is 0 Å². The van der Waals surface area contributed by atoms with Crippen molar-refractivity contribution in [3.63, 3.8) is 0 Å². The molecule has 1 saturated heterocycles. The van der Waals surface area contributed by atoms with E-state index in [0.29, 0.717) is 0 Å². The van der Waals surface area contributed by atoms with E-state index in [9.17, 15) is 0 Å². The third-order valence-corrected chi connectivity index (χ3v) is 5.29. The summed E-state index contributed by atoms with van der Waals surface area (Å²) in [7, 11) is 2.12. The molecule has 2 heteroatoms. The summed E-state index contributed by atoms with van der Waals surface area (Å²) in [6.07, 6.45) is 8.97. The molecule has 1 aliphatic heterocycles. The van der Waals surface area contributed by atoms with Gasteiger partial charge in [-0.05, 0) is 63.5 Å². The average molecular weight is 222 g/mol. The van der Waals surface area contributed by atoms with Crippen LogP contribution >= 0.6 is 0 Å². The van der Waals surface area contributed by atoms with E-state index in [1.54, 1.807) is 25.7 Å². The topological polar surface area (TPSA) is 15.3 Å². The molecule has 4 unspecified atom stereocenters. The lowest BCUT2D eigenvalue weighted by Gasteiger charge is -2.36. The molecule has 0 aromatic rings. The van der Waals surface area contributed by atoms with Gasteiger partial charge >= 0.3 is 0 Å². The first-order valence-corrected chi connectivity index (χ1v) is 7.24. The predicted octanol–water partition coefficient (Wildman–Crippen LogP) is 2.11. The molecule has 3 rings (SSSR count). The highest BCUT2D eigenvalue weighted by Gasteiger charge is 2.40. The Balaban J connectivity index is 1.51. The maximum atomic E-state index is 3.45. The zero-order chi connectivity index (χ0) is 11.0. The molecule has 0 amide bonds. The van der Waals surface area contributed by atoms with Gasteiger partial charge in [0.05, 0.1) is 0 Å². The van der Waals surface area contributed by atoms with E-state index in [0.717, 1.165) is 23.8 Å². The number of hydrogen-bond acceptors (Lipinski definition) is 2. The molecule has 2 nitrogen and oxygen atoms in total. The molecule has 3 fully saturated rings. The number of hydrogen-bond donors (Lipinski definition) is 1. The van der Waals surface area contributed by atoms with E-state index in [2.05, 4.69) is 17.3 Å². The minimum absolute atomic E-state index is 0.757. The van der Waals surface area contributed by atoms with E-state index in [-0.39, 0.29) is 0 Å². The average Bonchev–Trinajstić information content (AvgIpc) is 2.91. The van der Waals surface area contributed by atoms with E-state index >= 15 is 0 Å². The Morgan fingerprint density at radius 1 is 1.19 bits per heavy atom. The molecule has 0 aromatic heterocycles. The monoisotopic (exact) mass is 222 g/mol. The van der Waals surface area contributed by atoms with Crippen molar-refractivity contribution in [2.45, 2.75) is 44.6 Å². The van der Waals surface area contributed by atoms with Crippen LogP contribution in [-0.4, -0.2) is 37.6 Å². The van der Waals surface area contributed by atoms with Crippen LogP contribution in [0.1, 0.15) is 38.5 Å². The molecule has 2 saturated carbocycles. The first-order chi connectivity index (χ1) is 7.85. The lowest BCUT2D eigenvalue weighted by molar-refractivity contribution is 0.146. The number of likely N-dealkylation sites (tertiary alicyclic amines) is 1. The number of likely N-dealkylation sites (N-methyl/N-ethyl adjacent to an activating group) is 1. The summed E-state index contributed by atoms with van der Waals surface area (Å²) in [5.74, 6) is 3.26. The highest BCUT2D eigenvalue weighted by atomic mass is 15.2. The van der Waals surface area contributed by atoms with Crippen LogP contribution in [-0.2, 0) is 0 Å². The zero-order valence-electron chi connectivity index (χ0n) is 10.6. The Kier molecular flexibility index (Phi) is 3.21. The summed E-state index contributed by atoms with van der Waals surface area (Å²) >= 11 is 0. The Morgan fingerprint density at radius 2 is 2.12 bits per heavy atom. The summed E-state index contributed by atoms with van der Waals surface area (Å²) in [4.78, 5) is 2.73. The Hall–Kier alpha value is -0.0800. The number of nitrogens with zero attached hydrogens (tertiary/aromatic N) is 1. The maximum Gasteiger partial charge on any atom is 0.0192 e. The van der Waals surface area contributed by atoms with Gasteiger partial charge in [0.15, 0.2) is 0 Å². The fourth-order valence-electron chi connectivity index (χ4n) is 4.39. The minimum Gasteiger partial charge on any atom is -0.316 e. The lowest BCUT2D eigenvalue weighted by Crippen LogP contribution is -2.46. The Labute approximate surface area is 99.8 Å². The second-order valence-electron chi connectivity index (χ2n) is 6.32. The van der Waals surface area contributed by atoms with Gasteiger partial charge in [-0.1, -0.05) is 6.42 Å². The van der Waals surface area contributed by atoms with Gasteiger partial charge in [-0.2, -0.15) is 0 Å². The number of piperidine rings is 1. The van der Waals surface area contributed by atoms with Gasteiger partial charge in [0.2, 0.25) is 0 Å². The highest BCUT2D eigenvalue weighted by molar-refractivity contribution is 4.92. The summed E-state index contributed by atoms with van der Waals surface area (Å²) in [6.45, 7) is 4.05. The Morgan fingerprint density at radius 3 is 2.81 bits per heavy atom. The van der Waals surface area contributed by atoms with E-state index in [1.807, 2.05) is 0 Å². The third kappa shape index (κ3) is 2.14. The quantitative estimate of drug-likeness (QED) is 0.787. The van der Waals surface area contributed by atoms with Gasteiger partial charge in [-0.3, -0.25) is 0 Å². The van der Waals surface area contributed by atoms with Crippen molar-refractivity contribution in [1.82, 2.24) is 10.2 Å². The zero-order valence-corrected chi connectivity index (χ0v) is 10.6. The SMILES string of the molecule is CNC1CCCN(CC2CC3CCC2C3)C1. The van der Waals surface area contributed by atoms with Gasteiger partial charge in [0.1, 0.15) is 0 Å². The molecular weight excluding hydrogens is 196 g/mol. The molecule has 0 aromatic carbocycles. The van der Waals surface area contributed by atoms with Crippen LogP contribution in [0.25, 0.3) is 0 Å². The molecular formula is C14H26N2. The highest BCUT2D eigenvalue weighted by Crippen LogP contribution is 2.48. The molecule has 0 radical (unpaired) electrons. The summed E-state index contributed by atoms with van der Waals surface area (Å²) in [5.41, 5.74) is 0. The fraction of sp³-hybridized carbons (Fsp3) is 1.00. The van der Waals surface area contributed by atoms with Gasteiger partial charge < -0.3 is 10.2 Å². The Bertz CT molecular complexity index is 241. The first-order valence-electron chi connectivity index (χ1n) is 7.24. The van der Waals surface area contributed by atoms with Crippen LogP contribution < -0.4 is 5.32 Å². The van der Waals surface area contributed by atoms with E-state index < -0.39 is 0 Å². The van der Waals surface area contributed by atoms with Crippen molar-refractivity contribution in [2.75, 3.05) is 26.7 Å². The van der Waals surface area contributed by atoms with Crippen LogP contribution in [0.5, 0.6) is 0 Å². The van der Waals surface area contributed by atoms with Crippen molar-refractivity contribution < 1.29 is 0 Å². The lowest BCUT2D eigenvalue weighted by atomic mass is 9.88. The second kappa shape index (κ2) is 4.66. The smallest absolute Gasteiger partial charge is 0.0192 e. The number of fused-ring (bicyclic) bond motifs is 2. The molecule has 2 aliphatic carbocycles. The minimum atomic E-state index is 0.757. The van der Waals surface area contributed by atoms with Crippen LogP contribution in [0.15, 0.2) is 0 Å². The third-order valence-electron chi connectivity index (χ3n) is 5.29. The van der Waals surface area contributed by atoms with E-state index in [1.165, 1.54) is 32.5 Å². The van der Waals surface area contributed by atoms with Crippen molar-refractivity contribution >= 4 is 0 Å². The first kappa shape index (κ1) is 11.0. The molecule has 2 bridgehead atoms. The molecule has 0 spiro atoms. The van der Waals surface area contributed by atoms with Gasteiger partial charge in [0.25, 0.3) is 0 Å². The predicted molar refractivity (Wildman–Crippen MR) is 67.5 cm³/mol. The van der Waals surface area contributed by atoms with Crippen LogP contribution in [0, 0.1) is 17.8 Å². The molecule has 3 aliphatic rings. The van der Waals surface area contributed by atoms with Gasteiger partial charge in [-0.25, -0.2) is 0 Å². The molecule has 1 heterocycles. The molecule has 92 valence electrons.